The van der Waals surface area contributed by atoms with Crippen molar-refractivity contribution in [1.82, 2.24) is 19.9 Å². The van der Waals surface area contributed by atoms with Gasteiger partial charge in [-0.3, -0.25) is 4.68 Å². The molecule has 0 fully saturated rings. The molecule has 0 aliphatic heterocycles. The van der Waals surface area contributed by atoms with Gasteiger partial charge in [0.25, 0.3) is 5.89 Å². The Labute approximate surface area is 138 Å². The fourth-order valence-electron chi connectivity index (χ4n) is 2.58. The first-order valence-corrected chi connectivity index (χ1v) is 7.83. The molecular formula is C17H18F2N4O. The maximum atomic E-state index is 13.9. The van der Waals surface area contributed by atoms with E-state index in [-0.39, 0.29) is 17.3 Å². The van der Waals surface area contributed by atoms with E-state index in [1.54, 1.807) is 6.20 Å². The second kappa shape index (κ2) is 6.51. The first-order valence-electron chi connectivity index (χ1n) is 7.83. The highest BCUT2D eigenvalue weighted by molar-refractivity contribution is 5.61. The van der Waals surface area contributed by atoms with Crippen molar-refractivity contribution in [3.8, 4) is 22.8 Å². The van der Waals surface area contributed by atoms with Gasteiger partial charge in [0.05, 0.1) is 23.0 Å². The monoisotopic (exact) mass is 332 g/mol. The third-order valence-electron chi connectivity index (χ3n) is 3.65. The summed E-state index contributed by atoms with van der Waals surface area (Å²) in [6, 6.07) is 3.14. The summed E-state index contributed by atoms with van der Waals surface area (Å²) in [4.78, 5) is 4.22. The molecule has 24 heavy (non-hydrogen) atoms. The van der Waals surface area contributed by atoms with Gasteiger partial charge in [0, 0.05) is 6.54 Å². The molecule has 5 nitrogen and oxygen atoms in total. The van der Waals surface area contributed by atoms with Crippen molar-refractivity contribution < 1.29 is 13.3 Å². The van der Waals surface area contributed by atoms with Gasteiger partial charge >= 0.3 is 0 Å². The quantitative estimate of drug-likeness (QED) is 0.706. The number of aromatic nitrogens is 4. The molecule has 0 aliphatic rings. The van der Waals surface area contributed by atoms with E-state index in [0.717, 1.165) is 36.9 Å². The zero-order valence-corrected chi connectivity index (χ0v) is 13.8. The molecule has 3 aromatic rings. The number of hydrogen-bond acceptors (Lipinski definition) is 4. The highest BCUT2D eigenvalue weighted by Gasteiger charge is 2.19. The van der Waals surface area contributed by atoms with Gasteiger partial charge in [-0.25, -0.2) is 8.78 Å². The minimum atomic E-state index is -0.602. The lowest BCUT2D eigenvalue weighted by atomic mass is 10.1. The van der Waals surface area contributed by atoms with Gasteiger partial charge in [0.1, 0.15) is 11.6 Å². The molecule has 0 N–H and O–H groups in total. The lowest BCUT2D eigenvalue weighted by Gasteiger charge is -2.08. The largest absolute Gasteiger partial charge is 0.333 e. The molecule has 1 aromatic carbocycles. The van der Waals surface area contributed by atoms with Crippen molar-refractivity contribution >= 4 is 0 Å². The molecule has 0 amide bonds. The fourth-order valence-corrected chi connectivity index (χ4v) is 2.58. The van der Waals surface area contributed by atoms with E-state index in [1.165, 1.54) is 0 Å². The van der Waals surface area contributed by atoms with Gasteiger partial charge in [0.2, 0.25) is 5.82 Å². The van der Waals surface area contributed by atoms with Crippen molar-refractivity contribution in [1.29, 1.82) is 0 Å². The minimum Gasteiger partial charge on any atom is -0.333 e. The third kappa shape index (κ3) is 3.06. The summed E-state index contributed by atoms with van der Waals surface area (Å²) in [6.07, 6.45) is 2.41. The maximum Gasteiger partial charge on any atom is 0.261 e. The molecule has 0 atom stereocenters. The number of benzene rings is 1. The van der Waals surface area contributed by atoms with Crippen molar-refractivity contribution in [3.05, 3.63) is 41.7 Å². The van der Waals surface area contributed by atoms with Crippen molar-refractivity contribution in [2.75, 3.05) is 0 Å². The van der Waals surface area contributed by atoms with Gasteiger partial charge in [-0.1, -0.05) is 25.9 Å². The molecule has 0 bridgehead atoms. The summed E-state index contributed by atoms with van der Waals surface area (Å²) in [6.45, 7) is 7.01. The average molecular weight is 332 g/mol. The number of halogens is 2. The summed E-state index contributed by atoms with van der Waals surface area (Å²) in [5, 5.41) is 8.15. The van der Waals surface area contributed by atoms with Gasteiger partial charge in [-0.05, 0) is 30.5 Å². The van der Waals surface area contributed by atoms with Gasteiger partial charge < -0.3 is 4.52 Å². The first-order chi connectivity index (χ1) is 11.5. The maximum absolute atomic E-state index is 13.9. The molecule has 2 aromatic heterocycles. The molecule has 2 heterocycles. The predicted octanol–water partition coefficient (Wildman–Crippen LogP) is 4.10. The lowest BCUT2D eigenvalue weighted by molar-refractivity contribution is 0.430. The molecule has 0 aliphatic carbocycles. The molecule has 0 saturated carbocycles. The van der Waals surface area contributed by atoms with E-state index in [4.69, 9.17) is 4.52 Å². The summed E-state index contributed by atoms with van der Waals surface area (Å²) >= 11 is 0. The van der Waals surface area contributed by atoms with Crippen molar-refractivity contribution in [2.45, 2.75) is 33.7 Å². The van der Waals surface area contributed by atoms with E-state index in [2.05, 4.69) is 29.1 Å². The molecule has 0 radical (unpaired) electrons. The van der Waals surface area contributed by atoms with E-state index in [9.17, 15) is 8.78 Å². The zero-order valence-electron chi connectivity index (χ0n) is 13.8. The first kappa shape index (κ1) is 16.3. The van der Waals surface area contributed by atoms with E-state index >= 15 is 0 Å². The van der Waals surface area contributed by atoms with Crippen molar-refractivity contribution in [2.24, 2.45) is 5.92 Å². The highest BCUT2D eigenvalue weighted by Crippen LogP contribution is 2.27. The number of rotatable bonds is 5. The fraction of sp³-hybridized carbons (Fsp3) is 0.353. The minimum absolute atomic E-state index is 0.0145. The van der Waals surface area contributed by atoms with Crippen LogP contribution in [0.25, 0.3) is 22.8 Å². The van der Waals surface area contributed by atoms with Gasteiger partial charge in [-0.2, -0.15) is 10.1 Å². The Morgan fingerprint density at radius 1 is 1.21 bits per heavy atom. The van der Waals surface area contributed by atoms with Crippen LogP contribution >= 0.6 is 0 Å². The Bertz CT molecular complexity index is 854. The van der Waals surface area contributed by atoms with Crippen LogP contribution in [0.3, 0.4) is 0 Å². The zero-order chi connectivity index (χ0) is 17.3. The smallest absolute Gasteiger partial charge is 0.261 e. The Balaban J connectivity index is 1.99. The molecule has 0 unspecified atom stereocenters. The Morgan fingerprint density at radius 2 is 2.00 bits per heavy atom. The average Bonchev–Trinajstić information content (AvgIpc) is 3.15. The second-order valence-corrected chi connectivity index (χ2v) is 5.98. The molecule has 7 heteroatoms. The molecule has 3 rings (SSSR count). The standard InChI is InChI=1S/C17H18F2N4O/c1-4-15-13(8-20-23(15)9-10(2)3)17-21-16(22-24-17)12-7-11(18)5-6-14(12)19/h5-8,10H,4,9H2,1-3H3. The summed E-state index contributed by atoms with van der Waals surface area (Å²) in [7, 11) is 0. The second-order valence-electron chi connectivity index (χ2n) is 5.98. The van der Waals surface area contributed by atoms with Crippen LogP contribution in [0, 0.1) is 17.6 Å². The Hall–Kier alpha value is -2.57. The normalized spacial score (nSPS) is 11.4. The van der Waals surface area contributed by atoms with Gasteiger partial charge in [-0.15, -0.1) is 0 Å². The SMILES string of the molecule is CCc1c(-c2nc(-c3cc(F)ccc3F)no2)cnn1CC(C)C. The Morgan fingerprint density at radius 3 is 2.71 bits per heavy atom. The summed E-state index contributed by atoms with van der Waals surface area (Å²) in [5.74, 6) is -0.449. The topological polar surface area (TPSA) is 56.7 Å². The van der Waals surface area contributed by atoms with Crippen LogP contribution in [0.15, 0.2) is 28.9 Å². The summed E-state index contributed by atoms with van der Waals surface area (Å²) < 4.78 is 34.4. The van der Waals surface area contributed by atoms with Crippen molar-refractivity contribution in [3.63, 3.8) is 0 Å². The summed E-state index contributed by atoms with van der Waals surface area (Å²) in [5.41, 5.74) is 1.66. The van der Waals surface area contributed by atoms with E-state index in [1.807, 2.05) is 11.6 Å². The number of hydrogen-bond donors (Lipinski definition) is 0. The molecule has 126 valence electrons. The van der Waals surface area contributed by atoms with E-state index in [0.29, 0.717) is 11.5 Å². The van der Waals surface area contributed by atoms with Crippen LogP contribution in [0.5, 0.6) is 0 Å². The Kier molecular flexibility index (Phi) is 4.42. The van der Waals surface area contributed by atoms with Gasteiger partial charge in [0.15, 0.2) is 0 Å². The molecular weight excluding hydrogens is 314 g/mol. The van der Waals surface area contributed by atoms with Crippen LogP contribution in [0.2, 0.25) is 0 Å². The van der Waals surface area contributed by atoms with Crippen LogP contribution in [0.1, 0.15) is 26.5 Å². The van der Waals surface area contributed by atoms with Crippen LogP contribution in [0.4, 0.5) is 8.78 Å². The molecule has 0 spiro atoms. The highest BCUT2D eigenvalue weighted by atomic mass is 19.1. The molecule has 0 saturated heterocycles. The van der Waals surface area contributed by atoms with Crippen LogP contribution < -0.4 is 0 Å². The van der Waals surface area contributed by atoms with E-state index < -0.39 is 11.6 Å². The lowest BCUT2D eigenvalue weighted by Crippen LogP contribution is -2.09. The van der Waals surface area contributed by atoms with Crippen LogP contribution in [-0.4, -0.2) is 19.9 Å². The van der Waals surface area contributed by atoms with Crippen LogP contribution in [-0.2, 0) is 13.0 Å². The predicted molar refractivity (Wildman–Crippen MR) is 85.1 cm³/mol. The third-order valence-corrected chi connectivity index (χ3v) is 3.65. The number of nitrogens with zero attached hydrogens (tertiary/aromatic N) is 4.